The Morgan fingerprint density at radius 2 is 1.95 bits per heavy atom. The quantitative estimate of drug-likeness (QED) is 0.325. The molecule has 1 aliphatic heterocycles. The first-order valence-electron chi connectivity index (χ1n) is 11.5. The van der Waals surface area contributed by atoms with Gasteiger partial charge in [-0.1, -0.05) is 18.4 Å². The Morgan fingerprint density at radius 1 is 1.19 bits per heavy atom. The summed E-state index contributed by atoms with van der Waals surface area (Å²) < 4.78 is 18.3. The largest absolute Gasteiger partial charge is 0.497 e. The Balaban J connectivity index is 1.56. The molecular weight excluding hydrogens is 474 g/mol. The molecule has 5 rings (SSSR count). The molecule has 1 saturated heterocycles. The van der Waals surface area contributed by atoms with Crippen molar-refractivity contribution in [2.24, 2.45) is 0 Å². The topological polar surface area (TPSA) is 134 Å². The van der Waals surface area contributed by atoms with E-state index in [0.29, 0.717) is 64.2 Å². The fourth-order valence-electron chi connectivity index (χ4n) is 4.56. The van der Waals surface area contributed by atoms with Gasteiger partial charge in [0.15, 0.2) is 0 Å². The molecule has 37 heavy (non-hydrogen) atoms. The van der Waals surface area contributed by atoms with E-state index in [4.69, 9.17) is 19.6 Å². The van der Waals surface area contributed by atoms with E-state index >= 15 is 0 Å². The van der Waals surface area contributed by atoms with E-state index in [2.05, 4.69) is 38.6 Å². The fourth-order valence-corrected chi connectivity index (χ4v) is 4.56. The molecule has 11 heteroatoms. The lowest BCUT2D eigenvalue weighted by Crippen LogP contribution is -2.30. The Bertz CT molecular complexity index is 1540. The van der Waals surface area contributed by atoms with Crippen LogP contribution in [0, 0.1) is 18.8 Å². The fraction of sp³-hybridized carbons (Fsp3) is 0.269. The third kappa shape index (κ3) is 4.45. The number of aryl methyl sites for hydroxylation is 1. The van der Waals surface area contributed by atoms with Gasteiger partial charge >= 0.3 is 0 Å². The summed E-state index contributed by atoms with van der Waals surface area (Å²) in [5.41, 5.74) is 8.26. The van der Waals surface area contributed by atoms with Crippen LogP contribution >= 0.6 is 0 Å². The molecule has 11 nitrogen and oxygen atoms in total. The number of anilines is 1. The molecular formula is C26H25N7O4. The van der Waals surface area contributed by atoms with Gasteiger partial charge in [0, 0.05) is 31.3 Å². The molecule has 0 unspecified atom stereocenters. The maximum absolute atomic E-state index is 12.7. The van der Waals surface area contributed by atoms with Gasteiger partial charge in [-0.25, -0.2) is 9.97 Å². The number of nitrogens with two attached hydrogens (primary N) is 1. The molecule has 2 atom stereocenters. The lowest BCUT2D eigenvalue weighted by Gasteiger charge is -2.20. The molecule has 0 radical (unpaired) electrons. The second kappa shape index (κ2) is 9.66. The maximum atomic E-state index is 12.7. The van der Waals surface area contributed by atoms with E-state index in [9.17, 15) is 4.79 Å². The number of benzene rings is 1. The molecule has 188 valence electrons. The van der Waals surface area contributed by atoms with Crippen molar-refractivity contribution in [3.63, 3.8) is 0 Å². The van der Waals surface area contributed by atoms with Gasteiger partial charge < -0.3 is 29.1 Å². The Morgan fingerprint density at radius 3 is 2.59 bits per heavy atom. The normalized spacial score (nSPS) is 16.9. The number of ether oxygens (including phenoxy) is 2. The van der Waals surface area contributed by atoms with Crippen LogP contribution in [0.1, 0.15) is 41.4 Å². The van der Waals surface area contributed by atoms with Gasteiger partial charge in [-0.3, -0.25) is 4.79 Å². The number of rotatable bonds is 5. The van der Waals surface area contributed by atoms with E-state index in [-0.39, 0.29) is 11.9 Å². The molecule has 0 spiro atoms. The van der Waals surface area contributed by atoms with Crippen molar-refractivity contribution < 1.29 is 18.7 Å². The third-order valence-corrected chi connectivity index (χ3v) is 6.29. The summed E-state index contributed by atoms with van der Waals surface area (Å²) in [5, 5.41) is 8.73. The molecule has 0 saturated carbocycles. The summed E-state index contributed by atoms with van der Waals surface area (Å²) in [6.07, 6.45) is 5.13. The van der Waals surface area contributed by atoms with E-state index in [1.54, 1.807) is 32.1 Å². The lowest BCUT2D eigenvalue weighted by atomic mass is 10.1. The number of amides is 1. The number of aromatic nitrogens is 5. The number of carbonyl (C=O) groups is 1. The molecule has 4 aromatic rings. The van der Waals surface area contributed by atoms with E-state index in [1.165, 1.54) is 12.4 Å². The standard InChI is InChI=1S/C26H25N7O4/c1-5-22(34)33-13-18(10-21(33)26-31-30-15(2)37-26)32-12-17(23-24(27)28-14-29-25(23)32)7-6-16-8-19(35-3)11-20(9-16)36-4/h5,8-9,11-12,14,18,21H,1,10,13H2,2-4H3,(H2,27,28,29)/t18-,21-/m1/s1. The Labute approximate surface area is 212 Å². The molecule has 1 amide bonds. The number of nitrogen functional groups attached to an aromatic ring is 1. The molecule has 1 aliphatic rings. The highest BCUT2D eigenvalue weighted by molar-refractivity contribution is 5.92. The summed E-state index contributed by atoms with van der Waals surface area (Å²) in [4.78, 5) is 23.0. The summed E-state index contributed by atoms with van der Waals surface area (Å²) >= 11 is 0. The van der Waals surface area contributed by atoms with Gasteiger partial charge in [0.05, 0.1) is 31.2 Å². The van der Waals surface area contributed by atoms with Crippen LogP contribution in [0.15, 0.2) is 47.8 Å². The van der Waals surface area contributed by atoms with Crippen molar-refractivity contribution in [3.8, 4) is 23.3 Å². The summed E-state index contributed by atoms with van der Waals surface area (Å²) in [6.45, 7) is 5.75. The smallest absolute Gasteiger partial charge is 0.246 e. The molecule has 0 bridgehead atoms. The van der Waals surface area contributed by atoms with Gasteiger partial charge in [0.2, 0.25) is 17.7 Å². The number of nitrogens with zero attached hydrogens (tertiary/aromatic N) is 6. The zero-order valence-corrected chi connectivity index (χ0v) is 20.6. The first-order valence-corrected chi connectivity index (χ1v) is 11.5. The third-order valence-electron chi connectivity index (χ3n) is 6.29. The van der Waals surface area contributed by atoms with Crippen LogP contribution in [-0.4, -0.2) is 56.3 Å². The number of methoxy groups -OCH3 is 2. The first-order chi connectivity index (χ1) is 17.9. The molecule has 3 aromatic heterocycles. The minimum absolute atomic E-state index is 0.148. The molecule has 4 heterocycles. The molecule has 0 aliphatic carbocycles. The highest BCUT2D eigenvalue weighted by Gasteiger charge is 2.40. The minimum Gasteiger partial charge on any atom is -0.497 e. The van der Waals surface area contributed by atoms with E-state index < -0.39 is 6.04 Å². The van der Waals surface area contributed by atoms with Crippen LogP contribution < -0.4 is 15.2 Å². The van der Waals surface area contributed by atoms with Gasteiger partial charge in [-0.15, -0.1) is 10.2 Å². The average Bonchev–Trinajstić information content (AvgIpc) is 3.63. The van der Waals surface area contributed by atoms with Gasteiger partial charge in [-0.2, -0.15) is 0 Å². The zero-order valence-electron chi connectivity index (χ0n) is 20.6. The predicted octanol–water partition coefficient (Wildman–Crippen LogP) is 2.82. The van der Waals surface area contributed by atoms with Crippen molar-refractivity contribution in [3.05, 3.63) is 66.3 Å². The van der Waals surface area contributed by atoms with Crippen LogP contribution in [0.2, 0.25) is 0 Å². The predicted molar refractivity (Wildman–Crippen MR) is 135 cm³/mol. The monoisotopic (exact) mass is 499 g/mol. The summed E-state index contributed by atoms with van der Waals surface area (Å²) in [5.74, 6) is 8.54. The van der Waals surface area contributed by atoms with E-state index in [1.807, 2.05) is 22.9 Å². The van der Waals surface area contributed by atoms with Crippen molar-refractivity contribution in [2.75, 3.05) is 26.5 Å². The highest BCUT2D eigenvalue weighted by atomic mass is 16.5. The van der Waals surface area contributed by atoms with E-state index in [0.717, 1.165) is 0 Å². The first kappa shape index (κ1) is 23.9. The number of fused-ring (bicyclic) bond motifs is 1. The Hall–Kier alpha value is -4.85. The molecule has 2 N–H and O–H groups in total. The lowest BCUT2D eigenvalue weighted by molar-refractivity contribution is -0.127. The maximum Gasteiger partial charge on any atom is 0.246 e. The minimum atomic E-state index is -0.396. The van der Waals surface area contributed by atoms with Crippen LogP contribution in [0.3, 0.4) is 0 Å². The Kier molecular flexibility index (Phi) is 6.23. The van der Waals surface area contributed by atoms with Gasteiger partial charge in [0.25, 0.3) is 0 Å². The van der Waals surface area contributed by atoms with Crippen LogP contribution in [0.4, 0.5) is 5.82 Å². The summed E-state index contributed by atoms with van der Waals surface area (Å²) in [6, 6.07) is 4.88. The number of hydrogen-bond acceptors (Lipinski definition) is 9. The number of hydrogen-bond donors (Lipinski definition) is 1. The average molecular weight is 500 g/mol. The molecule has 1 aromatic carbocycles. The zero-order chi connectivity index (χ0) is 26.1. The van der Waals surface area contributed by atoms with Gasteiger partial charge in [-0.05, 0) is 24.6 Å². The van der Waals surface area contributed by atoms with Crippen molar-refractivity contribution in [1.29, 1.82) is 0 Å². The van der Waals surface area contributed by atoms with Crippen LogP contribution in [0.25, 0.3) is 11.0 Å². The second-order valence-corrected chi connectivity index (χ2v) is 8.52. The van der Waals surface area contributed by atoms with Crippen LogP contribution in [-0.2, 0) is 4.79 Å². The number of carbonyl (C=O) groups excluding carboxylic acids is 1. The SMILES string of the molecule is C=CC(=O)N1C[C@H](n2cc(C#Cc3cc(OC)cc(OC)c3)c3c(N)ncnc32)C[C@@H]1c1nnc(C)o1. The number of likely N-dealkylation sites (tertiary alicyclic amines) is 1. The van der Waals surface area contributed by atoms with Crippen molar-refractivity contribution in [2.45, 2.75) is 25.4 Å². The molecule has 1 fully saturated rings. The summed E-state index contributed by atoms with van der Waals surface area (Å²) in [7, 11) is 3.17. The highest BCUT2D eigenvalue weighted by Crippen LogP contribution is 2.40. The van der Waals surface area contributed by atoms with Gasteiger partial charge in [0.1, 0.15) is 35.3 Å². The second-order valence-electron chi connectivity index (χ2n) is 8.52. The van der Waals surface area contributed by atoms with Crippen molar-refractivity contribution >= 4 is 22.8 Å². The van der Waals surface area contributed by atoms with Crippen molar-refractivity contribution in [1.82, 2.24) is 29.6 Å². The van der Waals surface area contributed by atoms with Crippen LogP contribution in [0.5, 0.6) is 11.5 Å².